The van der Waals surface area contributed by atoms with Crippen molar-refractivity contribution in [1.29, 1.82) is 0 Å². The summed E-state index contributed by atoms with van der Waals surface area (Å²) in [6.07, 6.45) is -4.48. The number of aryl methyl sites for hydroxylation is 1. The molecule has 1 aliphatic heterocycles. The molecule has 0 atom stereocenters. The number of hydrogen-bond acceptors (Lipinski definition) is 4. The minimum Gasteiger partial charge on any atom is -0.486 e. The lowest BCUT2D eigenvalue weighted by atomic mass is 10.1. The summed E-state index contributed by atoms with van der Waals surface area (Å²) in [6, 6.07) is 14.5. The molecule has 0 radical (unpaired) electrons. The number of H-pyrrole nitrogens is 1. The fourth-order valence-corrected chi connectivity index (χ4v) is 3.84. The number of alkyl halides is 3. The van der Waals surface area contributed by atoms with E-state index in [9.17, 15) is 22.8 Å². The second kappa shape index (κ2) is 8.95. The minimum absolute atomic E-state index is 0.106. The van der Waals surface area contributed by atoms with Crippen molar-refractivity contribution >= 4 is 34.1 Å². The van der Waals surface area contributed by atoms with Gasteiger partial charge in [0.1, 0.15) is 18.9 Å². The number of halogens is 3. The number of aromatic nitrogens is 1. The maximum atomic E-state index is 13.0. The number of carbonyl (C=O) groups is 2. The van der Waals surface area contributed by atoms with Crippen molar-refractivity contribution in [3.63, 3.8) is 0 Å². The summed E-state index contributed by atoms with van der Waals surface area (Å²) < 4.78 is 50.0. The SMILES string of the molecule is Cc1ccc(NC(=O)c2ccc3c(c2)OCCO3)cc1NC(=O)c1cc2cc(C(F)(F)F)ccc2[nH]1. The van der Waals surface area contributed by atoms with Crippen LogP contribution in [0.3, 0.4) is 0 Å². The summed E-state index contributed by atoms with van der Waals surface area (Å²) in [5, 5.41) is 5.80. The van der Waals surface area contributed by atoms with E-state index in [-0.39, 0.29) is 17.0 Å². The molecule has 184 valence electrons. The van der Waals surface area contributed by atoms with Crippen LogP contribution < -0.4 is 20.1 Å². The topological polar surface area (TPSA) is 92.4 Å². The summed E-state index contributed by atoms with van der Waals surface area (Å²) in [4.78, 5) is 28.4. The van der Waals surface area contributed by atoms with Gasteiger partial charge in [-0.3, -0.25) is 9.59 Å². The molecular weight excluding hydrogens is 475 g/mol. The Hall–Kier alpha value is -4.47. The van der Waals surface area contributed by atoms with Crippen LogP contribution >= 0.6 is 0 Å². The molecule has 2 heterocycles. The molecule has 0 unspecified atom stereocenters. The molecule has 0 spiro atoms. The average molecular weight is 495 g/mol. The Kier molecular flexibility index (Phi) is 5.79. The first-order valence-corrected chi connectivity index (χ1v) is 11.0. The fourth-order valence-electron chi connectivity index (χ4n) is 3.84. The quantitative estimate of drug-likeness (QED) is 0.335. The third-order valence-electron chi connectivity index (χ3n) is 5.74. The van der Waals surface area contributed by atoms with Gasteiger partial charge in [0.15, 0.2) is 11.5 Å². The molecule has 5 rings (SSSR count). The van der Waals surface area contributed by atoms with E-state index in [1.165, 1.54) is 12.1 Å². The third kappa shape index (κ3) is 4.70. The third-order valence-corrected chi connectivity index (χ3v) is 5.74. The number of rotatable bonds is 4. The van der Waals surface area contributed by atoms with Gasteiger partial charge in [-0.1, -0.05) is 6.07 Å². The van der Waals surface area contributed by atoms with E-state index < -0.39 is 17.6 Å². The van der Waals surface area contributed by atoms with Gasteiger partial charge in [-0.15, -0.1) is 0 Å². The van der Waals surface area contributed by atoms with Gasteiger partial charge < -0.3 is 25.1 Å². The van der Waals surface area contributed by atoms with Crippen LogP contribution in [0.1, 0.15) is 32.0 Å². The predicted molar refractivity (Wildman–Crippen MR) is 128 cm³/mol. The van der Waals surface area contributed by atoms with Gasteiger partial charge in [-0.2, -0.15) is 13.2 Å². The molecular formula is C26H20F3N3O4. The van der Waals surface area contributed by atoms with Gasteiger partial charge in [0.2, 0.25) is 0 Å². The molecule has 36 heavy (non-hydrogen) atoms. The Morgan fingerprint density at radius 1 is 0.861 bits per heavy atom. The normalized spacial score (nSPS) is 12.9. The lowest BCUT2D eigenvalue weighted by molar-refractivity contribution is -0.137. The van der Waals surface area contributed by atoms with Crippen LogP contribution in [-0.2, 0) is 6.18 Å². The van der Waals surface area contributed by atoms with Crippen molar-refractivity contribution in [3.8, 4) is 11.5 Å². The van der Waals surface area contributed by atoms with Crippen LogP contribution in [0.25, 0.3) is 10.9 Å². The van der Waals surface area contributed by atoms with Crippen LogP contribution in [0.4, 0.5) is 24.5 Å². The lowest BCUT2D eigenvalue weighted by Gasteiger charge is -2.18. The van der Waals surface area contributed by atoms with Gasteiger partial charge in [0.25, 0.3) is 11.8 Å². The number of benzene rings is 3. The van der Waals surface area contributed by atoms with Crippen molar-refractivity contribution in [1.82, 2.24) is 4.98 Å². The number of hydrogen-bond donors (Lipinski definition) is 3. The summed E-state index contributed by atoms with van der Waals surface area (Å²) in [5.74, 6) is 0.165. The summed E-state index contributed by atoms with van der Waals surface area (Å²) >= 11 is 0. The van der Waals surface area contributed by atoms with Crippen LogP contribution in [-0.4, -0.2) is 30.0 Å². The molecule has 0 aliphatic carbocycles. The van der Waals surface area contributed by atoms with E-state index in [0.717, 1.165) is 17.7 Å². The first-order chi connectivity index (χ1) is 17.2. The molecule has 0 bridgehead atoms. The molecule has 0 fully saturated rings. The second-order valence-electron chi connectivity index (χ2n) is 8.28. The number of nitrogens with one attached hydrogen (secondary N) is 3. The van der Waals surface area contributed by atoms with Crippen molar-refractivity contribution < 1.29 is 32.2 Å². The zero-order chi connectivity index (χ0) is 25.4. The number of ether oxygens (including phenoxy) is 2. The van der Waals surface area contributed by atoms with E-state index in [1.807, 2.05) is 0 Å². The highest BCUT2D eigenvalue weighted by atomic mass is 19.4. The highest BCUT2D eigenvalue weighted by molar-refractivity contribution is 6.08. The standard InChI is InChI=1S/C26H20F3N3O4/c1-14-2-5-18(30-24(33)15-3-7-22-23(12-15)36-9-8-35-22)13-20(14)32-25(34)21-11-16-10-17(26(27,28)29)4-6-19(16)31-21/h2-7,10-13,31H,8-9H2,1H3,(H,30,33)(H,32,34). The molecule has 1 aromatic heterocycles. The summed E-state index contributed by atoms with van der Waals surface area (Å²) in [7, 11) is 0. The second-order valence-corrected chi connectivity index (χ2v) is 8.28. The van der Waals surface area contributed by atoms with Gasteiger partial charge in [0, 0.05) is 27.8 Å². The van der Waals surface area contributed by atoms with Crippen LogP contribution in [0.5, 0.6) is 11.5 Å². The van der Waals surface area contributed by atoms with E-state index in [4.69, 9.17) is 9.47 Å². The number of fused-ring (bicyclic) bond motifs is 2. The van der Waals surface area contributed by atoms with Crippen molar-refractivity contribution in [3.05, 3.63) is 83.0 Å². The van der Waals surface area contributed by atoms with Gasteiger partial charge in [-0.25, -0.2) is 0 Å². The molecule has 3 N–H and O–H groups in total. The van der Waals surface area contributed by atoms with E-state index in [0.29, 0.717) is 47.2 Å². The lowest BCUT2D eigenvalue weighted by Crippen LogP contribution is -2.17. The van der Waals surface area contributed by atoms with Crippen LogP contribution in [0.2, 0.25) is 0 Å². The van der Waals surface area contributed by atoms with Crippen molar-refractivity contribution in [2.45, 2.75) is 13.1 Å². The number of carbonyl (C=O) groups excluding carboxylic acids is 2. The molecule has 1 aliphatic rings. The smallest absolute Gasteiger partial charge is 0.416 e. The largest absolute Gasteiger partial charge is 0.486 e. The Bertz CT molecular complexity index is 1490. The first-order valence-electron chi connectivity index (χ1n) is 11.0. The maximum Gasteiger partial charge on any atom is 0.416 e. The molecule has 2 amide bonds. The molecule has 0 saturated carbocycles. The molecule has 3 aromatic carbocycles. The predicted octanol–water partition coefficient (Wildman–Crippen LogP) is 5.77. The maximum absolute atomic E-state index is 13.0. The van der Waals surface area contributed by atoms with Crippen molar-refractivity contribution in [2.24, 2.45) is 0 Å². The Balaban J connectivity index is 1.32. The van der Waals surface area contributed by atoms with Gasteiger partial charge >= 0.3 is 6.18 Å². The molecule has 0 saturated heterocycles. The summed E-state index contributed by atoms with van der Waals surface area (Å²) in [6.45, 7) is 2.63. The fraction of sp³-hybridized carbons (Fsp3) is 0.154. The number of aromatic amines is 1. The zero-order valence-electron chi connectivity index (χ0n) is 19.0. The van der Waals surface area contributed by atoms with Crippen molar-refractivity contribution in [2.75, 3.05) is 23.8 Å². The zero-order valence-corrected chi connectivity index (χ0v) is 19.0. The summed E-state index contributed by atoms with van der Waals surface area (Å²) in [5.41, 5.74) is 1.72. The molecule has 4 aromatic rings. The van der Waals surface area contributed by atoms with Crippen LogP contribution in [0, 0.1) is 6.92 Å². The molecule has 10 heteroatoms. The van der Waals surface area contributed by atoms with E-state index >= 15 is 0 Å². The Labute approximate surface area is 203 Å². The number of amides is 2. The minimum atomic E-state index is -4.48. The monoisotopic (exact) mass is 495 g/mol. The van der Waals surface area contributed by atoms with E-state index in [2.05, 4.69) is 15.6 Å². The highest BCUT2D eigenvalue weighted by Crippen LogP contribution is 2.33. The number of anilines is 2. The van der Waals surface area contributed by atoms with Gasteiger partial charge in [0.05, 0.1) is 5.56 Å². The Morgan fingerprint density at radius 2 is 1.64 bits per heavy atom. The van der Waals surface area contributed by atoms with Crippen LogP contribution in [0.15, 0.2) is 60.7 Å². The first kappa shape index (κ1) is 23.3. The Morgan fingerprint density at radius 3 is 2.42 bits per heavy atom. The van der Waals surface area contributed by atoms with Gasteiger partial charge in [-0.05, 0) is 67.1 Å². The average Bonchev–Trinajstić information content (AvgIpc) is 3.29. The molecule has 7 nitrogen and oxygen atoms in total. The highest BCUT2D eigenvalue weighted by Gasteiger charge is 2.30. The van der Waals surface area contributed by atoms with E-state index in [1.54, 1.807) is 43.3 Å².